The molecule has 1 aromatic carbocycles. The lowest BCUT2D eigenvalue weighted by molar-refractivity contribution is 0.562. The standard InChI is InChI=1S/C11H9ClFNO/c12-10-5-8(13)1-2-9(10)11(14)7-3-4-15-6-7/h1-6,11H,14H2. The van der Waals surface area contributed by atoms with Gasteiger partial charge in [0, 0.05) is 10.6 Å². The maximum absolute atomic E-state index is 12.8. The molecule has 0 amide bonds. The molecule has 15 heavy (non-hydrogen) atoms. The average Bonchev–Trinajstić information content (AvgIpc) is 2.69. The van der Waals surface area contributed by atoms with Crippen LogP contribution in [0.25, 0.3) is 0 Å². The molecule has 1 aromatic heterocycles. The van der Waals surface area contributed by atoms with E-state index in [9.17, 15) is 4.39 Å². The third-order valence-electron chi connectivity index (χ3n) is 2.20. The van der Waals surface area contributed by atoms with Crippen LogP contribution in [-0.2, 0) is 0 Å². The van der Waals surface area contributed by atoms with Gasteiger partial charge in [-0.05, 0) is 23.8 Å². The molecule has 2 nitrogen and oxygen atoms in total. The molecule has 0 saturated carbocycles. The molecule has 2 N–H and O–H groups in total. The molecule has 78 valence electrons. The lowest BCUT2D eigenvalue weighted by atomic mass is 10.0. The predicted molar refractivity (Wildman–Crippen MR) is 56.1 cm³/mol. The Morgan fingerprint density at radius 2 is 2.13 bits per heavy atom. The van der Waals surface area contributed by atoms with Crippen LogP contribution in [0.4, 0.5) is 4.39 Å². The van der Waals surface area contributed by atoms with Crippen LogP contribution >= 0.6 is 11.6 Å². The molecule has 0 fully saturated rings. The average molecular weight is 226 g/mol. The summed E-state index contributed by atoms with van der Waals surface area (Å²) in [5.74, 6) is -0.372. The molecule has 0 aliphatic heterocycles. The van der Waals surface area contributed by atoms with Gasteiger partial charge in [-0.1, -0.05) is 17.7 Å². The summed E-state index contributed by atoms with van der Waals surface area (Å²) in [5.41, 5.74) is 7.43. The van der Waals surface area contributed by atoms with Crippen molar-refractivity contribution in [2.24, 2.45) is 5.73 Å². The van der Waals surface area contributed by atoms with E-state index in [2.05, 4.69) is 0 Å². The smallest absolute Gasteiger partial charge is 0.124 e. The van der Waals surface area contributed by atoms with Crippen LogP contribution < -0.4 is 5.73 Å². The number of benzene rings is 1. The van der Waals surface area contributed by atoms with Crippen LogP contribution in [-0.4, -0.2) is 0 Å². The van der Waals surface area contributed by atoms with Crippen molar-refractivity contribution in [1.82, 2.24) is 0 Å². The van der Waals surface area contributed by atoms with Crippen molar-refractivity contribution in [3.8, 4) is 0 Å². The Balaban J connectivity index is 2.38. The fraction of sp³-hybridized carbons (Fsp3) is 0.0909. The summed E-state index contributed by atoms with van der Waals surface area (Å²) in [4.78, 5) is 0. The van der Waals surface area contributed by atoms with Crippen molar-refractivity contribution in [3.05, 3.63) is 58.8 Å². The Hall–Kier alpha value is -1.32. The summed E-state index contributed by atoms with van der Waals surface area (Å²) in [6.07, 6.45) is 3.08. The first-order chi connectivity index (χ1) is 7.18. The van der Waals surface area contributed by atoms with E-state index in [1.54, 1.807) is 18.4 Å². The van der Waals surface area contributed by atoms with E-state index in [4.69, 9.17) is 21.8 Å². The first-order valence-electron chi connectivity index (χ1n) is 4.41. The lowest BCUT2D eigenvalue weighted by Gasteiger charge is -2.11. The minimum absolute atomic E-state index is 0.323. The molecule has 0 radical (unpaired) electrons. The quantitative estimate of drug-likeness (QED) is 0.853. The van der Waals surface area contributed by atoms with Gasteiger partial charge in [-0.3, -0.25) is 0 Å². The summed E-state index contributed by atoms with van der Waals surface area (Å²) < 4.78 is 17.7. The van der Waals surface area contributed by atoms with E-state index in [0.717, 1.165) is 5.56 Å². The SMILES string of the molecule is NC(c1ccoc1)c1ccc(F)cc1Cl. The van der Waals surface area contributed by atoms with Crippen molar-refractivity contribution >= 4 is 11.6 Å². The molecule has 2 rings (SSSR count). The third-order valence-corrected chi connectivity index (χ3v) is 2.53. The molecule has 4 heteroatoms. The first-order valence-corrected chi connectivity index (χ1v) is 4.79. The number of rotatable bonds is 2. The zero-order chi connectivity index (χ0) is 10.8. The molecule has 0 spiro atoms. The van der Waals surface area contributed by atoms with Gasteiger partial charge in [0.05, 0.1) is 18.6 Å². The van der Waals surface area contributed by atoms with E-state index in [1.165, 1.54) is 18.4 Å². The van der Waals surface area contributed by atoms with Gasteiger partial charge in [-0.15, -0.1) is 0 Å². The largest absolute Gasteiger partial charge is 0.472 e. The molecule has 0 saturated heterocycles. The van der Waals surface area contributed by atoms with Gasteiger partial charge in [-0.2, -0.15) is 0 Å². The van der Waals surface area contributed by atoms with Crippen molar-refractivity contribution in [2.45, 2.75) is 6.04 Å². The molecular weight excluding hydrogens is 217 g/mol. The fourth-order valence-electron chi connectivity index (χ4n) is 1.39. The monoisotopic (exact) mass is 225 g/mol. The molecule has 2 aromatic rings. The second-order valence-corrected chi connectivity index (χ2v) is 3.61. The van der Waals surface area contributed by atoms with Crippen molar-refractivity contribution < 1.29 is 8.81 Å². The topological polar surface area (TPSA) is 39.2 Å². The molecule has 1 heterocycles. The third kappa shape index (κ3) is 2.03. The normalized spacial score (nSPS) is 12.7. The Bertz CT molecular complexity index is 456. The van der Waals surface area contributed by atoms with Gasteiger partial charge in [0.25, 0.3) is 0 Å². The van der Waals surface area contributed by atoms with Crippen molar-refractivity contribution in [2.75, 3.05) is 0 Å². The van der Waals surface area contributed by atoms with E-state index in [0.29, 0.717) is 10.6 Å². The number of hydrogen-bond acceptors (Lipinski definition) is 2. The molecular formula is C11H9ClFNO. The van der Waals surface area contributed by atoms with Crippen LogP contribution in [0.15, 0.2) is 41.2 Å². The summed E-state index contributed by atoms with van der Waals surface area (Å²) in [7, 11) is 0. The van der Waals surface area contributed by atoms with Crippen LogP contribution in [0.3, 0.4) is 0 Å². The maximum atomic E-state index is 12.8. The van der Waals surface area contributed by atoms with Crippen LogP contribution in [0.5, 0.6) is 0 Å². The highest BCUT2D eigenvalue weighted by Gasteiger charge is 2.13. The summed E-state index contributed by atoms with van der Waals surface area (Å²) in [5, 5.41) is 0.323. The van der Waals surface area contributed by atoms with Crippen LogP contribution in [0.2, 0.25) is 5.02 Å². The summed E-state index contributed by atoms with van der Waals surface area (Å²) >= 11 is 5.89. The first kappa shape index (κ1) is 10.2. The minimum atomic E-state index is -0.392. The molecule has 1 atom stereocenters. The van der Waals surface area contributed by atoms with E-state index in [-0.39, 0.29) is 5.82 Å². The molecule has 0 aliphatic rings. The minimum Gasteiger partial charge on any atom is -0.472 e. The highest BCUT2D eigenvalue weighted by atomic mass is 35.5. The van der Waals surface area contributed by atoms with Crippen molar-refractivity contribution in [1.29, 1.82) is 0 Å². The maximum Gasteiger partial charge on any atom is 0.124 e. The van der Waals surface area contributed by atoms with E-state index >= 15 is 0 Å². The van der Waals surface area contributed by atoms with Crippen LogP contribution in [0.1, 0.15) is 17.2 Å². The van der Waals surface area contributed by atoms with Gasteiger partial charge in [0.15, 0.2) is 0 Å². The van der Waals surface area contributed by atoms with Gasteiger partial charge >= 0.3 is 0 Å². The molecule has 0 bridgehead atoms. The van der Waals surface area contributed by atoms with Crippen LogP contribution in [0, 0.1) is 5.82 Å². The number of furan rings is 1. The second kappa shape index (κ2) is 4.04. The van der Waals surface area contributed by atoms with Gasteiger partial charge in [0.1, 0.15) is 5.82 Å². The lowest BCUT2D eigenvalue weighted by Crippen LogP contribution is -2.11. The van der Waals surface area contributed by atoms with Gasteiger partial charge in [0.2, 0.25) is 0 Å². The zero-order valence-electron chi connectivity index (χ0n) is 7.78. The highest BCUT2D eigenvalue weighted by Crippen LogP contribution is 2.27. The number of hydrogen-bond donors (Lipinski definition) is 1. The fourth-order valence-corrected chi connectivity index (χ4v) is 1.67. The summed E-state index contributed by atoms with van der Waals surface area (Å²) in [6, 6.07) is 5.52. The Morgan fingerprint density at radius 1 is 1.33 bits per heavy atom. The Kier molecular flexibility index (Phi) is 2.75. The van der Waals surface area contributed by atoms with Gasteiger partial charge in [-0.25, -0.2) is 4.39 Å². The van der Waals surface area contributed by atoms with Gasteiger partial charge < -0.3 is 10.2 Å². The highest BCUT2D eigenvalue weighted by molar-refractivity contribution is 6.31. The molecule has 1 unspecified atom stereocenters. The van der Waals surface area contributed by atoms with E-state index < -0.39 is 6.04 Å². The second-order valence-electron chi connectivity index (χ2n) is 3.20. The van der Waals surface area contributed by atoms with E-state index in [1.807, 2.05) is 0 Å². The number of nitrogens with two attached hydrogens (primary N) is 1. The zero-order valence-corrected chi connectivity index (χ0v) is 8.54. The Labute approximate surface area is 91.5 Å². The van der Waals surface area contributed by atoms with Crippen molar-refractivity contribution in [3.63, 3.8) is 0 Å². The summed E-state index contributed by atoms with van der Waals surface area (Å²) in [6.45, 7) is 0. The molecule has 0 aliphatic carbocycles. The predicted octanol–water partition coefficient (Wildman–Crippen LogP) is 3.12. The Morgan fingerprint density at radius 3 is 2.73 bits per heavy atom. The number of halogens is 2.